The summed E-state index contributed by atoms with van der Waals surface area (Å²) in [6.07, 6.45) is -7.50. The van der Waals surface area contributed by atoms with Gasteiger partial charge in [0.25, 0.3) is 10.1 Å². The zero-order chi connectivity index (χ0) is 25.6. The lowest BCUT2D eigenvalue weighted by atomic mass is 9.98. The van der Waals surface area contributed by atoms with E-state index in [0.29, 0.717) is 0 Å². The monoisotopic (exact) mass is 502 g/mol. The van der Waals surface area contributed by atoms with E-state index in [1.165, 1.54) is 12.1 Å². The van der Waals surface area contributed by atoms with Gasteiger partial charge in [-0.05, 0) is 19.1 Å². The highest BCUT2D eigenvalue weighted by molar-refractivity contribution is 7.86. The summed E-state index contributed by atoms with van der Waals surface area (Å²) in [7, 11) is -4.26. The van der Waals surface area contributed by atoms with Crippen LogP contribution in [0.25, 0.3) is 0 Å². The summed E-state index contributed by atoms with van der Waals surface area (Å²) in [4.78, 5) is 46.6. The number of esters is 4. The van der Waals surface area contributed by atoms with E-state index < -0.39 is 71.3 Å². The molecule has 188 valence electrons. The van der Waals surface area contributed by atoms with Crippen molar-refractivity contribution in [3.05, 3.63) is 29.8 Å². The fraction of sp³-hybridized carbons (Fsp3) is 0.524. The van der Waals surface area contributed by atoms with Gasteiger partial charge < -0.3 is 23.7 Å². The molecular formula is C21H26O12S. The first-order valence-corrected chi connectivity index (χ1v) is 11.5. The zero-order valence-corrected chi connectivity index (χ0v) is 20.0. The van der Waals surface area contributed by atoms with Crippen molar-refractivity contribution in [1.82, 2.24) is 0 Å². The molecule has 0 amide bonds. The molecule has 0 spiro atoms. The Morgan fingerprint density at radius 2 is 1.24 bits per heavy atom. The Labute approximate surface area is 196 Å². The van der Waals surface area contributed by atoms with Crippen LogP contribution in [0, 0.1) is 6.92 Å². The van der Waals surface area contributed by atoms with Crippen LogP contribution in [-0.2, 0) is 57.2 Å². The average Bonchev–Trinajstić information content (AvgIpc) is 2.70. The van der Waals surface area contributed by atoms with E-state index >= 15 is 0 Å². The van der Waals surface area contributed by atoms with E-state index in [0.717, 1.165) is 33.3 Å². The van der Waals surface area contributed by atoms with Gasteiger partial charge in [-0.2, -0.15) is 8.42 Å². The van der Waals surface area contributed by atoms with Crippen LogP contribution >= 0.6 is 0 Å². The third-order valence-corrected chi connectivity index (χ3v) is 5.77. The number of carbonyl (C=O) groups is 4. The maximum atomic E-state index is 12.6. The van der Waals surface area contributed by atoms with Gasteiger partial charge in [0.1, 0.15) is 6.10 Å². The van der Waals surface area contributed by atoms with Crippen molar-refractivity contribution in [2.75, 3.05) is 6.61 Å². The molecule has 0 bridgehead atoms. The molecular weight excluding hydrogens is 476 g/mol. The van der Waals surface area contributed by atoms with E-state index in [1.807, 2.05) is 0 Å². The van der Waals surface area contributed by atoms with Crippen molar-refractivity contribution in [1.29, 1.82) is 0 Å². The van der Waals surface area contributed by atoms with Gasteiger partial charge in [0.05, 0.1) is 11.5 Å². The van der Waals surface area contributed by atoms with Gasteiger partial charge in [-0.3, -0.25) is 23.4 Å². The molecule has 0 aromatic heterocycles. The molecule has 1 fully saturated rings. The Morgan fingerprint density at radius 3 is 1.74 bits per heavy atom. The number of ether oxygens (including phenoxy) is 5. The van der Waals surface area contributed by atoms with Crippen LogP contribution in [0.15, 0.2) is 29.2 Å². The predicted octanol–water partition coefficient (Wildman–Crippen LogP) is 0.783. The van der Waals surface area contributed by atoms with Crippen molar-refractivity contribution < 1.29 is 55.5 Å². The minimum absolute atomic E-state index is 0.135. The molecule has 1 aromatic rings. The first kappa shape index (κ1) is 27.2. The van der Waals surface area contributed by atoms with Crippen LogP contribution in [0.3, 0.4) is 0 Å². The number of carbonyl (C=O) groups excluding carboxylic acids is 4. The molecule has 12 nitrogen and oxygen atoms in total. The lowest BCUT2D eigenvalue weighted by Gasteiger charge is -2.43. The van der Waals surface area contributed by atoms with Gasteiger partial charge in [0.2, 0.25) is 12.4 Å². The van der Waals surface area contributed by atoms with E-state index in [2.05, 4.69) is 0 Å². The largest absolute Gasteiger partial charge is 0.456 e. The highest BCUT2D eigenvalue weighted by atomic mass is 32.2. The van der Waals surface area contributed by atoms with Gasteiger partial charge in [-0.1, -0.05) is 17.7 Å². The van der Waals surface area contributed by atoms with E-state index in [4.69, 9.17) is 27.9 Å². The van der Waals surface area contributed by atoms with Crippen LogP contribution in [0.4, 0.5) is 0 Å². The molecule has 0 radical (unpaired) electrons. The molecule has 2 rings (SSSR count). The van der Waals surface area contributed by atoms with Crippen molar-refractivity contribution in [3.63, 3.8) is 0 Å². The summed E-state index contributed by atoms with van der Waals surface area (Å²) in [6, 6.07) is 5.84. The number of hydrogen-bond donors (Lipinski definition) is 0. The molecule has 0 aliphatic carbocycles. The third kappa shape index (κ3) is 7.50. The number of aryl methyl sites for hydroxylation is 1. The number of hydrogen-bond acceptors (Lipinski definition) is 12. The van der Waals surface area contributed by atoms with Gasteiger partial charge in [0.15, 0.2) is 12.2 Å². The second-order valence-corrected chi connectivity index (χ2v) is 9.04. The highest BCUT2D eigenvalue weighted by Crippen LogP contribution is 2.30. The average molecular weight is 502 g/mol. The van der Waals surface area contributed by atoms with Crippen LogP contribution in [0.2, 0.25) is 0 Å². The molecule has 1 heterocycles. The highest BCUT2D eigenvalue weighted by Gasteiger charge is 2.53. The van der Waals surface area contributed by atoms with E-state index in [9.17, 15) is 27.6 Å². The normalized spacial score (nSPS) is 24.6. The summed E-state index contributed by atoms with van der Waals surface area (Å²) in [5.74, 6) is -3.33. The molecule has 34 heavy (non-hydrogen) atoms. The molecule has 0 saturated carbocycles. The summed E-state index contributed by atoms with van der Waals surface area (Å²) < 4.78 is 56.6. The molecule has 0 unspecified atom stereocenters. The lowest BCUT2D eigenvalue weighted by molar-refractivity contribution is -0.298. The molecule has 0 N–H and O–H groups in total. The second kappa shape index (κ2) is 11.4. The molecule has 1 aromatic carbocycles. The SMILES string of the molecule is CC(=O)O[C@@H]1O[C@@H](COS(=O)(=O)c2ccc(C)cc2)[C@@H](OC(C)=O)[C@H](OC(C)=O)[C@@H]1OC(C)=O. The summed E-state index contributed by atoms with van der Waals surface area (Å²) >= 11 is 0. The van der Waals surface area contributed by atoms with Crippen LogP contribution in [0.1, 0.15) is 33.3 Å². The van der Waals surface area contributed by atoms with Crippen molar-refractivity contribution in [2.24, 2.45) is 0 Å². The lowest BCUT2D eigenvalue weighted by Crippen LogP contribution is -2.63. The third-order valence-electron chi connectivity index (χ3n) is 4.48. The molecule has 1 saturated heterocycles. The Kier molecular flexibility index (Phi) is 9.13. The Balaban J connectivity index is 2.40. The maximum Gasteiger partial charge on any atom is 0.305 e. The van der Waals surface area contributed by atoms with Gasteiger partial charge in [-0.25, -0.2) is 0 Å². The first-order chi connectivity index (χ1) is 15.8. The summed E-state index contributed by atoms with van der Waals surface area (Å²) in [5, 5.41) is 0. The smallest absolute Gasteiger partial charge is 0.305 e. The summed E-state index contributed by atoms with van der Waals surface area (Å²) in [5.41, 5.74) is 0.828. The molecule has 13 heteroatoms. The second-order valence-electron chi connectivity index (χ2n) is 7.43. The van der Waals surface area contributed by atoms with Crippen molar-refractivity contribution in [2.45, 2.75) is 70.2 Å². The Morgan fingerprint density at radius 1 is 0.765 bits per heavy atom. The van der Waals surface area contributed by atoms with E-state index in [1.54, 1.807) is 19.1 Å². The molecule has 1 aliphatic rings. The minimum atomic E-state index is -4.26. The molecule has 1 aliphatic heterocycles. The topological polar surface area (TPSA) is 158 Å². The van der Waals surface area contributed by atoms with E-state index in [-0.39, 0.29) is 4.90 Å². The number of rotatable bonds is 8. The quantitative estimate of drug-likeness (QED) is 0.280. The number of benzene rings is 1. The zero-order valence-electron chi connectivity index (χ0n) is 19.2. The Hall–Kier alpha value is -3.03. The van der Waals surface area contributed by atoms with Gasteiger partial charge >= 0.3 is 23.9 Å². The van der Waals surface area contributed by atoms with Crippen molar-refractivity contribution >= 4 is 34.0 Å². The fourth-order valence-corrected chi connectivity index (χ4v) is 4.10. The molecule has 5 atom stereocenters. The van der Waals surface area contributed by atoms with Crippen molar-refractivity contribution in [3.8, 4) is 0 Å². The van der Waals surface area contributed by atoms with Gasteiger partial charge in [0, 0.05) is 27.7 Å². The van der Waals surface area contributed by atoms with Gasteiger partial charge in [-0.15, -0.1) is 0 Å². The standard InChI is InChI=1S/C21H26O12S/c1-11-6-8-16(9-7-11)34(26,27)28-10-17-18(29-12(2)22)19(30-13(3)23)20(31-14(4)24)21(33-17)32-15(5)25/h6-9,17-21H,10H2,1-5H3/t17-,18+,19-,20-,21+/m0/s1. The Bertz CT molecular complexity index is 1020. The van der Waals surface area contributed by atoms with Crippen LogP contribution in [0.5, 0.6) is 0 Å². The van der Waals surface area contributed by atoms with Crippen LogP contribution in [-0.4, -0.2) is 69.6 Å². The van der Waals surface area contributed by atoms with Crippen LogP contribution < -0.4 is 0 Å². The first-order valence-electron chi connectivity index (χ1n) is 10.1. The minimum Gasteiger partial charge on any atom is -0.456 e. The predicted molar refractivity (Wildman–Crippen MR) is 111 cm³/mol. The summed E-state index contributed by atoms with van der Waals surface area (Å²) in [6.45, 7) is 5.29. The fourth-order valence-electron chi connectivity index (χ4n) is 3.18. The maximum absolute atomic E-state index is 12.6.